The molecule has 7 heteroatoms. The van der Waals surface area contributed by atoms with Crippen molar-refractivity contribution in [2.75, 3.05) is 0 Å². The molecule has 3 aromatic rings. The first-order valence-electron chi connectivity index (χ1n) is 6.82. The number of nitrogens with one attached hydrogen (secondary N) is 1. The Hall–Kier alpha value is -2.31. The summed E-state index contributed by atoms with van der Waals surface area (Å²) >= 11 is 0. The zero-order valence-corrected chi connectivity index (χ0v) is 12.9. The van der Waals surface area contributed by atoms with Crippen LogP contribution in [0.4, 0.5) is 8.78 Å². The molecule has 1 N–H and O–H groups in total. The van der Waals surface area contributed by atoms with E-state index in [2.05, 4.69) is 15.4 Å². The molecule has 0 saturated heterocycles. The second-order valence-corrected chi connectivity index (χ2v) is 4.78. The fourth-order valence-electron chi connectivity index (χ4n) is 2.17. The Labute approximate surface area is 138 Å². The number of aromatic nitrogens is 3. The van der Waals surface area contributed by atoms with E-state index < -0.39 is 11.6 Å². The Kier molecular flexibility index (Phi) is 5.78. The Morgan fingerprint density at radius 3 is 2.57 bits per heavy atom. The SMILES string of the molecule is Cl.Fc1ccc(CNCc2cccnc2-n2cccn2)c(F)c1. The molecule has 0 aliphatic carbocycles. The summed E-state index contributed by atoms with van der Waals surface area (Å²) in [5.41, 5.74) is 1.36. The highest BCUT2D eigenvalue weighted by Crippen LogP contribution is 2.12. The molecule has 0 bridgehead atoms. The van der Waals surface area contributed by atoms with Crippen LogP contribution in [-0.2, 0) is 13.1 Å². The van der Waals surface area contributed by atoms with Gasteiger partial charge in [-0.2, -0.15) is 5.10 Å². The molecule has 0 unspecified atom stereocenters. The van der Waals surface area contributed by atoms with Crippen molar-refractivity contribution in [3.8, 4) is 5.82 Å². The molecule has 0 saturated carbocycles. The average molecular weight is 337 g/mol. The van der Waals surface area contributed by atoms with Crippen LogP contribution in [0, 0.1) is 11.6 Å². The second kappa shape index (κ2) is 7.80. The lowest BCUT2D eigenvalue weighted by Crippen LogP contribution is -2.16. The van der Waals surface area contributed by atoms with E-state index in [0.717, 1.165) is 17.4 Å². The van der Waals surface area contributed by atoms with Gasteiger partial charge < -0.3 is 5.32 Å². The first kappa shape index (κ1) is 17.1. The first-order chi connectivity index (χ1) is 10.7. The van der Waals surface area contributed by atoms with E-state index in [-0.39, 0.29) is 12.4 Å². The average Bonchev–Trinajstić information content (AvgIpc) is 3.04. The summed E-state index contributed by atoms with van der Waals surface area (Å²) in [7, 11) is 0. The van der Waals surface area contributed by atoms with Crippen LogP contribution < -0.4 is 5.32 Å². The minimum absolute atomic E-state index is 0. The van der Waals surface area contributed by atoms with Gasteiger partial charge >= 0.3 is 0 Å². The molecule has 0 spiro atoms. The smallest absolute Gasteiger partial charge is 0.157 e. The molecular formula is C16H15ClF2N4. The van der Waals surface area contributed by atoms with Crippen molar-refractivity contribution in [2.45, 2.75) is 13.1 Å². The van der Waals surface area contributed by atoms with Gasteiger partial charge in [-0.25, -0.2) is 18.4 Å². The summed E-state index contributed by atoms with van der Waals surface area (Å²) < 4.78 is 28.1. The third-order valence-electron chi connectivity index (χ3n) is 3.23. The number of nitrogens with zero attached hydrogens (tertiary/aromatic N) is 3. The lowest BCUT2D eigenvalue weighted by atomic mass is 10.2. The zero-order valence-electron chi connectivity index (χ0n) is 12.1. The van der Waals surface area contributed by atoms with Crippen molar-refractivity contribution in [3.63, 3.8) is 0 Å². The highest BCUT2D eigenvalue weighted by molar-refractivity contribution is 5.85. The van der Waals surface area contributed by atoms with Crippen molar-refractivity contribution in [1.82, 2.24) is 20.1 Å². The highest BCUT2D eigenvalue weighted by Gasteiger charge is 2.07. The van der Waals surface area contributed by atoms with E-state index in [0.29, 0.717) is 18.7 Å². The molecule has 3 rings (SSSR count). The second-order valence-electron chi connectivity index (χ2n) is 4.78. The van der Waals surface area contributed by atoms with Gasteiger partial charge in [0.2, 0.25) is 0 Å². The molecule has 2 aromatic heterocycles. The lowest BCUT2D eigenvalue weighted by molar-refractivity contribution is 0.559. The molecule has 4 nitrogen and oxygen atoms in total. The van der Waals surface area contributed by atoms with Crippen molar-refractivity contribution in [1.29, 1.82) is 0 Å². The molecule has 0 radical (unpaired) electrons. The number of benzene rings is 1. The minimum atomic E-state index is -0.575. The van der Waals surface area contributed by atoms with Gasteiger partial charge in [0.05, 0.1) is 0 Å². The molecule has 0 aliphatic rings. The summed E-state index contributed by atoms with van der Waals surface area (Å²) in [5.74, 6) is -0.403. The maximum absolute atomic E-state index is 13.6. The van der Waals surface area contributed by atoms with Gasteiger partial charge in [0.25, 0.3) is 0 Å². The van der Waals surface area contributed by atoms with Gasteiger partial charge in [-0.15, -0.1) is 12.4 Å². The van der Waals surface area contributed by atoms with Gasteiger partial charge in [0.1, 0.15) is 11.6 Å². The maximum Gasteiger partial charge on any atom is 0.157 e. The normalized spacial score (nSPS) is 10.3. The number of pyridine rings is 1. The van der Waals surface area contributed by atoms with Crippen molar-refractivity contribution in [2.24, 2.45) is 0 Å². The van der Waals surface area contributed by atoms with Gasteiger partial charge in [0, 0.05) is 48.9 Å². The standard InChI is InChI=1S/C16H14F2N4.ClH/c17-14-5-4-12(15(18)9-14)10-19-11-13-3-1-6-20-16(13)22-8-2-7-21-22;/h1-9,19H,10-11H2;1H. The van der Waals surface area contributed by atoms with Crippen LogP contribution in [0.3, 0.4) is 0 Å². The summed E-state index contributed by atoms with van der Waals surface area (Å²) in [6, 6.07) is 9.16. The summed E-state index contributed by atoms with van der Waals surface area (Å²) in [5, 5.41) is 7.30. The highest BCUT2D eigenvalue weighted by atomic mass is 35.5. The monoisotopic (exact) mass is 336 g/mol. The molecule has 0 aliphatic heterocycles. The Morgan fingerprint density at radius 1 is 1.00 bits per heavy atom. The predicted octanol–water partition coefficient (Wildman–Crippen LogP) is 3.26. The molecule has 0 atom stereocenters. The first-order valence-corrected chi connectivity index (χ1v) is 6.82. The van der Waals surface area contributed by atoms with Crippen LogP contribution in [0.1, 0.15) is 11.1 Å². The Morgan fingerprint density at radius 2 is 1.83 bits per heavy atom. The quantitative estimate of drug-likeness (QED) is 0.777. The topological polar surface area (TPSA) is 42.7 Å². The lowest BCUT2D eigenvalue weighted by Gasteiger charge is -2.10. The fraction of sp³-hybridized carbons (Fsp3) is 0.125. The van der Waals surface area contributed by atoms with Crippen LogP contribution in [0.15, 0.2) is 55.0 Å². The van der Waals surface area contributed by atoms with Gasteiger partial charge in [-0.05, 0) is 18.2 Å². The van der Waals surface area contributed by atoms with Crippen LogP contribution in [0.25, 0.3) is 5.82 Å². The molecule has 0 fully saturated rings. The van der Waals surface area contributed by atoms with Crippen LogP contribution in [0.5, 0.6) is 0 Å². The summed E-state index contributed by atoms with van der Waals surface area (Å²) in [4.78, 5) is 4.31. The van der Waals surface area contributed by atoms with Gasteiger partial charge in [0.15, 0.2) is 5.82 Å². The predicted molar refractivity (Wildman–Crippen MR) is 85.5 cm³/mol. The number of hydrogen-bond donors (Lipinski definition) is 1. The fourth-order valence-corrected chi connectivity index (χ4v) is 2.17. The number of rotatable bonds is 5. The largest absolute Gasteiger partial charge is 0.308 e. The van der Waals surface area contributed by atoms with E-state index >= 15 is 0 Å². The van der Waals surface area contributed by atoms with E-state index in [1.807, 2.05) is 24.4 Å². The zero-order chi connectivity index (χ0) is 15.4. The van der Waals surface area contributed by atoms with Gasteiger partial charge in [-0.3, -0.25) is 0 Å². The molecule has 0 amide bonds. The molecule has 23 heavy (non-hydrogen) atoms. The summed E-state index contributed by atoms with van der Waals surface area (Å²) in [6.45, 7) is 0.805. The summed E-state index contributed by atoms with van der Waals surface area (Å²) in [6.07, 6.45) is 5.19. The molecule has 1 aromatic carbocycles. The van der Waals surface area contributed by atoms with E-state index in [1.54, 1.807) is 17.1 Å². The minimum Gasteiger partial charge on any atom is -0.308 e. The number of halogens is 3. The van der Waals surface area contributed by atoms with Gasteiger partial charge in [-0.1, -0.05) is 12.1 Å². The van der Waals surface area contributed by atoms with Crippen molar-refractivity contribution >= 4 is 12.4 Å². The number of hydrogen-bond acceptors (Lipinski definition) is 3. The van der Waals surface area contributed by atoms with Crippen LogP contribution in [-0.4, -0.2) is 14.8 Å². The molecule has 120 valence electrons. The Bertz CT molecular complexity index is 763. The van der Waals surface area contributed by atoms with Crippen molar-refractivity contribution < 1.29 is 8.78 Å². The molecular weight excluding hydrogens is 322 g/mol. The molecule has 2 heterocycles. The van der Waals surface area contributed by atoms with Crippen LogP contribution in [0.2, 0.25) is 0 Å². The Balaban J connectivity index is 0.00000192. The van der Waals surface area contributed by atoms with E-state index in [9.17, 15) is 8.78 Å². The third-order valence-corrected chi connectivity index (χ3v) is 3.23. The van der Waals surface area contributed by atoms with E-state index in [1.165, 1.54) is 12.1 Å². The maximum atomic E-state index is 13.6. The van der Waals surface area contributed by atoms with Crippen LogP contribution >= 0.6 is 12.4 Å². The van der Waals surface area contributed by atoms with E-state index in [4.69, 9.17) is 0 Å². The third kappa shape index (κ3) is 4.12. The van der Waals surface area contributed by atoms with Crippen molar-refractivity contribution in [3.05, 3.63) is 77.8 Å².